The van der Waals surface area contributed by atoms with Gasteiger partial charge < -0.3 is 4.74 Å². The van der Waals surface area contributed by atoms with Gasteiger partial charge in [-0.05, 0) is 31.0 Å². The van der Waals surface area contributed by atoms with Gasteiger partial charge in [0, 0.05) is 10.4 Å². The summed E-state index contributed by atoms with van der Waals surface area (Å²) in [6.45, 7) is 0. The molecule has 5 nitrogen and oxygen atoms in total. The topological polar surface area (TPSA) is 40.4 Å². The summed E-state index contributed by atoms with van der Waals surface area (Å²) < 4.78 is 5.87. The molecule has 0 N–H and O–H groups in total. The number of hydrazone groups is 2. The summed E-state index contributed by atoms with van der Waals surface area (Å²) in [7, 11) is 0. The maximum Gasteiger partial charge on any atom is 0.344 e. The number of thioether (sulfide) groups is 1. The van der Waals surface area contributed by atoms with Crippen LogP contribution in [0.25, 0.3) is 0 Å². The summed E-state index contributed by atoms with van der Waals surface area (Å²) in [6, 6.07) is 5.76. The minimum absolute atomic E-state index is 0.0435. The van der Waals surface area contributed by atoms with Crippen molar-refractivity contribution in [3.05, 3.63) is 45.0 Å². The Morgan fingerprint density at radius 1 is 1.12 bits per heavy atom. The van der Waals surface area contributed by atoms with E-state index in [0.29, 0.717) is 27.5 Å². The first-order valence-corrected chi connectivity index (χ1v) is 9.59. The Labute approximate surface area is 153 Å². The first-order valence-electron chi connectivity index (χ1n) is 7.95. The highest BCUT2D eigenvalue weighted by Crippen LogP contribution is 2.53. The lowest BCUT2D eigenvalue weighted by molar-refractivity contribution is 0.170. The number of benzene rings is 1. The highest BCUT2D eigenvalue weighted by molar-refractivity contribution is 8.03. The number of ether oxygens (including phenoxy) is 1. The number of nitrogens with zero attached hydrogens (tertiary/aromatic N) is 4. The van der Waals surface area contributed by atoms with Crippen LogP contribution in [-0.4, -0.2) is 26.8 Å². The van der Waals surface area contributed by atoms with Crippen molar-refractivity contribution in [1.29, 1.82) is 0 Å². The summed E-state index contributed by atoms with van der Waals surface area (Å²) in [5.41, 5.74) is 0.711. The van der Waals surface area contributed by atoms with E-state index < -0.39 is 0 Å². The lowest BCUT2D eigenvalue weighted by Crippen LogP contribution is -2.40. The summed E-state index contributed by atoms with van der Waals surface area (Å²) in [4.78, 5) is 0.0435. The molecule has 0 radical (unpaired) electrons. The molecule has 5 rings (SSSR count). The molecule has 1 aromatic rings. The number of halogens is 2. The van der Waals surface area contributed by atoms with E-state index in [0.717, 1.165) is 18.7 Å². The molecular weight excluding hydrogens is 367 g/mol. The molecule has 3 aliphatic heterocycles. The van der Waals surface area contributed by atoms with E-state index in [2.05, 4.69) is 15.5 Å². The molecule has 0 amide bonds. The van der Waals surface area contributed by atoms with Crippen LogP contribution in [0.3, 0.4) is 0 Å². The van der Waals surface area contributed by atoms with Gasteiger partial charge in [-0.2, -0.15) is 5.01 Å². The van der Waals surface area contributed by atoms with Crippen LogP contribution in [0.2, 0.25) is 10.0 Å². The van der Waals surface area contributed by atoms with Crippen LogP contribution in [0.5, 0.6) is 0 Å². The molecule has 0 bridgehead atoms. The van der Waals surface area contributed by atoms with Crippen molar-refractivity contribution < 1.29 is 4.74 Å². The average Bonchev–Trinajstić information content (AvgIpc) is 3.20. The van der Waals surface area contributed by atoms with Gasteiger partial charge in [-0.3, -0.25) is 0 Å². The Morgan fingerprint density at radius 3 is 2.75 bits per heavy atom. The van der Waals surface area contributed by atoms with Crippen molar-refractivity contribution in [2.45, 2.75) is 37.0 Å². The standard InChI is InChI=1S/C16H14Cl2N4OS/c17-10-4-5-11(12(18)8-10)14-19-21-13-9-24-16(6-2-1-3-7-16)22(13)20-15(21)23-14/h4-5,8-9H,1-3,6-7H2. The largest absolute Gasteiger partial charge is 0.402 e. The summed E-state index contributed by atoms with van der Waals surface area (Å²) in [6.07, 6.45) is 6.07. The Bertz CT molecular complexity index is 816. The SMILES string of the molecule is Clc1ccc(C2=NN3C4=CSC5(CCCCC5)N4N=C3O2)c(Cl)c1. The van der Waals surface area contributed by atoms with Gasteiger partial charge in [0.05, 0.1) is 10.6 Å². The minimum Gasteiger partial charge on any atom is -0.402 e. The second-order valence-electron chi connectivity index (χ2n) is 6.24. The lowest BCUT2D eigenvalue weighted by atomic mass is 9.94. The zero-order valence-corrected chi connectivity index (χ0v) is 15.0. The molecule has 4 aliphatic rings. The molecule has 0 atom stereocenters. The van der Waals surface area contributed by atoms with E-state index in [1.807, 2.05) is 17.8 Å². The van der Waals surface area contributed by atoms with Crippen LogP contribution in [0.15, 0.2) is 39.6 Å². The first kappa shape index (κ1) is 14.9. The van der Waals surface area contributed by atoms with Crippen molar-refractivity contribution in [3.63, 3.8) is 0 Å². The number of fused-ring (bicyclic) bond motifs is 4. The van der Waals surface area contributed by atoms with E-state index in [9.17, 15) is 0 Å². The van der Waals surface area contributed by atoms with E-state index in [1.54, 1.807) is 17.1 Å². The van der Waals surface area contributed by atoms with Gasteiger partial charge in [-0.25, -0.2) is 5.01 Å². The van der Waals surface area contributed by atoms with Crippen LogP contribution in [0.4, 0.5) is 0 Å². The van der Waals surface area contributed by atoms with Gasteiger partial charge in [0.2, 0.25) is 5.90 Å². The third kappa shape index (κ3) is 2.09. The van der Waals surface area contributed by atoms with Crippen molar-refractivity contribution >= 4 is 46.9 Å². The molecule has 1 aromatic carbocycles. The summed E-state index contributed by atoms with van der Waals surface area (Å²) >= 11 is 14.1. The van der Waals surface area contributed by atoms with Crippen LogP contribution in [-0.2, 0) is 4.74 Å². The predicted octanol–water partition coefficient (Wildman–Crippen LogP) is 4.78. The molecule has 1 fully saturated rings. The van der Waals surface area contributed by atoms with Crippen molar-refractivity contribution in [3.8, 4) is 0 Å². The van der Waals surface area contributed by atoms with Gasteiger partial charge in [-0.1, -0.05) is 54.2 Å². The normalized spacial score (nSPS) is 23.7. The molecule has 0 saturated heterocycles. The molecule has 0 unspecified atom stereocenters. The molecule has 0 aromatic heterocycles. The van der Waals surface area contributed by atoms with Crippen LogP contribution >= 0.6 is 35.0 Å². The van der Waals surface area contributed by atoms with Crippen molar-refractivity contribution in [2.75, 3.05) is 0 Å². The fourth-order valence-electron chi connectivity index (χ4n) is 3.54. The Morgan fingerprint density at radius 2 is 1.96 bits per heavy atom. The number of hydrogen-bond donors (Lipinski definition) is 0. The molecule has 1 spiro atoms. The highest BCUT2D eigenvalue weighted by atomic mass is 35.5. The number of hydrogen-bond acceptors (Lipinski definition) is 6. The van der Waals surface area contributed by atoms with Crippen LogP contribution in [0.1, 0.15) is 37.7 Å². The van der Waals surface area contributed by atoms with E-state index in [4.69, 9.17) is 33.0 Å². The molecule has 24 heavy (non-hydrogen) atoms. The fourth-order valence-corrected chi connectivity index (χ4v) is 5.31. The molecular formula is C16H14Cl2N4OS. The quantitative estimate of drug-likeness (QED) is 0.702. The van der Waals surface area contributed by atoms with Crippen LogP contribution in [0, 0.1) is 0 Å². The monoisotopic (exact) mass is 380 g/mol. The summed E-state index contributed by atoms with van der Waals surface area (Å²) in [5, 5.41) is 16.4. The first-order chi connectivity index (χ1) is 11.7. The Kier molecular flexibility index (Phi) is 3.30. The van der Waals surface area contributed by atoms with Gasteiger partial charge in [0.25, 0.3) is 0 Å². The second-order valence-corrected chi connectivity index (χ2v) is 8.31. The van der Waals surface area contributed by atoms with Crippen molar-refractivity contribution in [2.24, 2.45) is 10.2 Å². The number of amidine groups is 1. The Hall–Kier alpha value is -1.37. The molecule has 8 heteroatoms. The smallest absolute Gasteiger partial charge is 0.344 e. The zero-order valence-electron chi connectivity index (χ0n) is 12.7. The molecule has 3 heterocycles. The predicted molar refractivity (Wildman–Crippen MR) is 96.7 cm³/mol. The van der Waals surface area contributed by atoms with Crippen molar-refractivity contribution in [1.82, 2.24) is 10.0 Å². The average molecular weight is 381 g/mol. The molecule has 1 aliphatic carbocycles. The zero-order chi connectivity index (χ0) is 16.3. The number of rotatable bonds is 1. The molecule has 124 valence electrons. The van der Waals surface area contributed by atoms with Crippen LogP contribution < -0.4 is 0 Å². The van der Waals surface area contributed by atoms with E-state index in [1.165, 1.54) is 19.3 Å². The van der Waals surface area contributed by atoms with Gasteiger partial charge in [0.1, 0.15) is 4.87 Å². The second kappa shape index (κ2) is 5.31. The van der Waals surface area contributed by atoms with E-state index in [-0.39, 0.29) is 4.87 Å². The summed E-state index contributed by atoms with van der Waals surface area (Å²) in [5.74, 6) is 1.42. The highest BCUT2D eigenvalue weighted by Gasteiger charge is 2.51. The Balaban J connectivity index is 1.45. The minimum atomic E-state index is 0.0435. The lowest BCUT2D eigenvalue weighted by Gasteiger charge is -2.37. The maximum atomic E-state index is 6.26. The fraction of sp³-hybridized carbons (Fsp3) is 0.375. The maximum absolute atomic E-state index is 6.26. The van der Waals surface area contributed by atoms with Gasteiger partial charge in [0.15, 0.2) is 5.82 Å². The van der Waals surface area contributed by atoms with Gasteiger partial charge >= 0.3 is 6.02 Å². The third-order valence-corrected chi connectivity index (χ3v) is 6.64. The van der Waals surface area contributed by atoms with E-state index >= 15 is 0 Å². The third-order valence-electron chi connectivity index (χ3n) is 4.75. The van der Waals surface area contributed by atoms with Gasteiger partial charge in [-0.15, -0.1) is 10.2 Å². The molecule has 1 saturated carbocycles.